The Hall–Kier alpha value is -1.23. The van der Waals surface area contributed by atoms with Crippen molar-refractivity contribution < 1.29 is 13.2 Å². The Morgan fingerprint density at radius 1 is 1.14 bits per heavy atom. The summed E-state index contributed by atoms with van der Waals surface area (Å²) in [5.74, 6) is 0.922. The van der Waals surface area contributed by atoms with Crippen molar-refractivity contribution in [2.24, 2.45) is 5.92 Å². The quantitative estimate of drug-likeness (QED) is 0.676. The number of hydrogen-bond donors (Lipinski definition) is 0. The van der Waals surface area contributed by atoms with Crippen molar-refractivity contribution in [3.05, 3.63) is 29.6 Å². The van der Waals surface area contributed by atoms with Crippen molar-refractivity contribution in [3.63, 3.8) is 0 Å². The van der Waals surface area contributed by atoms with Crippen LogP contribution in [0, 0.1) is 5.92 Å². The van der Waals surface area contributed by atoms with Crippen LogP contribution in [-0.4, -0.2) is 9.55 Å². The van der Waals surface area contributed by atoms with E-state index in [-0.39, 0.29) is 11.4 Å². The van der Waals surface area contributed by atoms with Crippen molar-refractivity contribution >= 4 is 22.6 Å². The van der Waals surface area contributed by atoms with Crippen molar-refractivity contribution in [1.82, 2.24) is 9.55 Å². The summed E-state index contributed by atoms with van der Waals surface area (Å²) in [5, 5.41) is -0.368. The summed E-state index contributed by atoms with van der Waals surface area (Å²) in [4.78, 5) is 4.32. The summed E-state index contributed by atoms with van der Waals surface area (Å²) in [7, 11) is 0. The minimum absolute atomic E-state index is 0.0999. The van der Waals surface area contributed by atoms with Crippen LogP contribution in [0.3, 0.4) is 0 Å². The molecular weight excluding hydrogens is 301 g/mol. The second kappa shape index (κ2) is 5.52. The Kier molecular flexibility index (Phi) is 4.24. The maximum atomic E-state index is 12.8. The van der Waals surface area contributed by atoms with E-state index in [9.17, 15) is 13.2 Å². The number of benzene rings is 1. The van der Waals surface area contributed by atoms with E-state index in [4.69, 9.17) is 11.6 Å². The Balaban J connectivity index is 2.69. The van der Waals surface area contributed by atoms with E-state index in [1.54, 1.807) is 6.92 Å². The second-order valence-electron chi connectivity index (χ2n) is 5.64. The molecule has 6 heteroatoms. The van der Waals surface area contributed by atoms with E-state index in [1.165, 1.54) is 6.07 Å². The molecule has 0 spiro atoms. The van der Waals surface area contributed by atoms with Gasteiger partial charge in [0, 0.05) is 6.04 Å². The fourth-order valence-corrected chi connectivity index (χ4v) is 2.45. The van der Waals surface area contributed by atoms with E-state index >= 15 is 0 Å². The van der Waals surface area contributed by atoms with Crippen LogP contribution in [-0.2, 0) is 6.18 Å². The zero-order valence-electron chi connectivity index (χ0n) is 12.4. The van der Waals surface area contributed by atoms with Gasteiger partial charge in [-0.15, -0.1) is 11.6 Å². The maximum Gasteiger partial charge on any atom is 0.416 e. The van der Waals surface area contributed by atoms with E-state index in [0.717, 1.165) is 12.1 Å². The lowest BCUT2D eigenvalue weighted by Crippen LogP contribution is -2.15. The lowest BCUT2D eigenvalue weighted by molar-refractivity contribution is -0.137. The average Bonchev–Trinajstić information content (AvgIpc) is 2.74. The first-order valence-electron chi connectivity index (χ1n) is 6.86. The zero-order valence-corrected chi connectivity index (χ0v) is 13.1. The first kappa shape index (κ1) is 16.1. The van der Waals surface area contributed by atoms with Gasteiger partial charge in [0.05, 0.1) is 22.0 Å². The van der Waals surface area contributed by atoms with Crippen LogP contribution in [0.4, 0.5) is 13.2 Å². The van der Waals surface area contributed by atoms with Crippen molar-refractivity contribution in [2.75, 3.05) is 0 Å². The highest BCUT2D eigenvalue weighted by molar-refractivity contribution is 6.20. The first-order chi connectivity index (χ1) is 9.62. The summed E-state index contributed by atoms with van der Waals surface area (Å²) in [6.45, 7) is 7.91. The Bertz CT molecular complexity index is 644. The van der Waals surface area contributed by atoms with Crippen molar-refractivity contribution in [1.29, 1.82) is 0 Å². The molecule has 0 bridgehead atoms. The predicted octanol–water partition coefficient (Wildman–Crippen LogP) is 5.57. The van der Waals surface area contributed by atoms with Crippen molar-refractivity contribution in [2.45, 2.75) is 45.3 Å². The van der Waals surface area contributed by atoms with Gasteiger partial charge in [-0.05, 0) is 38.0 Å². The predicted molar refractivity (Wildman–Crippen MR) is 78.6 cm³/mol. The topological polar surface area (TPSA) is 17.8 Å². The van der Waals surface area contributed by atoms with E-state index in [2.05, 4.69) is 18.8 Å². The van der Waals surface area contributed by atoms with E-state index in [0.29, 0.717) is 22.8 Å². The number of alkyl halides is 4. The molecule has 0 aliphatic heterocycles. The van der Waals surface area contributed by atoms with Crippen LogP contribution in [0.5, 0.6) is 0 Å². The maximum absolute atomic E-state index is 12.8. The van der Waals surface area contributed by atoms with E-state index in [1.807, 2.05) is 11.5 Å². The third-order valence-corrected chi connectivity index (χ3v) is 3.97. The standard InChI is InChI=1S/C15H18ClF3N2/c1-8(2)10(4)21-13-6-5-11(15(17,18)19)7-12(13)20-14(21)9(3)16/h5-10H,1-4H3. The lowest BCUT2D eigenvalue weighted by atomic mass is 10.1. The number of aromatic nitrogens is 2. The molecule has 0 radical (unpaired) electrons. The van der Waals surface area contributed by atoms with Gasteiger partial charge in [-0.1, -0.05) is 13.8 Å². The number of nitrogens with zero attached hydrogens (tertiary/aromatic N) is 2. The largest absolute Gasteiger partial charge is 0.416 e. The monoisotopic (exact) mass is 318 g/mol. The molecule has 0 aliphatic carbocycles. The van der Waals surface area contributed by atoms with Crippen LogP contribution < -0.4 is 0 Å². The van der Waals surface area contributed by atoms with E-state index < -0.39 is 11.7 Å². The highest BCUT2D eigenvalue weighted by Crippen LogP contribution is 2.35. The van der Waals surface area contributed by atoms with Gasteiger partial charge in [0.15, 0.2) is 0 Å². The molecule has 0 amide bonds. The van der Waals surface area contributed by atoms with Crippen LogP contribution in [0.15, 0.2) is 18.2 Å². The Morgan fingerprint density at radius 2 is 1.76 bits per heavy atom. The van der Waals surface area contributed by atoms with Gasteiger partial charge in [-0.25, -0.2) is 4.98 Å². The Morgan fingerprint density at radius 3 is 2.24 bits per heavy atom. The Labute approximate surface area is 126 Å². The molecule has 2 unspecified atom stereocenters. The highest BCUT2D eigenvalue weighted by Gasteiger charge is 2.31. The van der Waals surface area contributed by atoms with Crippen LogP contribution >= 0.6 is 11.6 Å². The van der Waals surface area contributed by atoms with Gasteiger partial charge >= 0.3 is 6.18 Å². The number of rotatable bonds is 3. The molecule has 2 atom stereocenters. The summed E-state index contributed by atoms with van der Waals surface area (Å²) in [6.07, 6.45) is -4.37. The lowest BCUT2D eigenvalue weighted by Gasteiger charge is -2.22. The molecule has 21 heavy (non-hydrogen) atoms. The fourth-order valence-electron chi connectivity index (χ4n) is 2.30. The van der Waals surface area contributed by atoms with Gasteiger partial charge in [0.2, 0.25) is 0 Å². The fraction of sp³-hybridized carbons (Fsp3) is 0.533. The first-order valence-corrected chi connectivity index (χ1v) is 7.29. The van der Waals surface area contributed by atoms with Crippen LogP contribution in [0.1, 0.15) is 50.5 Å². The zero-order chi connectivity index (χ0) is 15.9. The van der Waals surface area contributed by atoms with Crippen molar-refractivity contribution in [3.8, 4) is 0 Å². The van der Waals surface area contributed by atoms with Gasteiger partial charge in [-0.2, -0.15) is 13.2 Å². The molecule has 0 saturated heterocycles. The molecule has 0 aliphatic rings. The minimum atomic E-state index is -4.37. The molecule has 116 valence electrons. The molecule has 0 saturated carbocycles. The molecule has 1 aromatic heterocycles. The number of hydrogen-bond acceptors (Lipinski definition) is 1. The molecule has 0 fully saturated rings. The molecule has 2 nitrogen and oxygen atoms in total. The summed E-state index contributed by atoms with van der Waals surface area (Å²) in [5.41, 5.74) is 0.331. The molecular formula is C15H18ClF3N2. The third kappa shape index (κ3) is 3.03. The van der Waals surface area contributed by atoms with Gasteiger partial charge in [0.1, 0.15) is 5.82 Å². The summed E-state index contributed by atoms with van der Waals surface area (Å²) >= 11 is 6.15. The van der Waals surface area contributed by atoms with Crippen LogP contribution in [0.2, 0.25) is 0 Å². The minimum Gasteiger partial charge on any atom is -0.324 e. The summed E-state index contributed by atoms with van der Waals surface area (Å²) in [6, 6.07) is 3.76. The van der Waals surface area contributed by atoms with Gasteiger partial charge < -0.3 is 4.57 Å². The molecule has 0 N–H and O–H groups in total. The molecule has 2 rings (SSSR count). The molecule has 2 aromatic rings. The second-order valence-corrected chi connectivity index (χ2v) is 6.30. The van der Waals surface area contributed by atoms with Gasteiger partial charge in [0.25, 0.3) is 0 Å². The summed E-state index contributed by atoms with van der Waals surface area (Å²) < 4.78 is 40.4. The number of fused-ring (bicyclic) bond motifs is 1. The highest BCUT2D eigenvalue weighted by atomic mass is 35.5. The number of imidazole rings is 1. The molecule has 1 aromatic carbocycles. The SMILES string of the molecule is CC(Cl)c1nc2cc(C(F)(F)F)ccc2n1C(C)C(C)C. The van der Waals surface area contributed by atoms with Crippen LogP contribution in [0.25, 0.3) is 11.0 Å². The smallest absolute Gasteiger partial charge is 0.324 e. The molecule has 1 heterocycles. The number of halogens is 4. The van der Waals surface area contributed by atoms with Gasteiger partial charge in [-0.3, -0.25) is 0 Å². The normalized spacial score (nSPS) is 15.7. The third-order valence-electron chi connectivity index (χ3n) is 3.77. The average molecular weight is 319 g/mol.